The van der Waals surface area contributed by atoms with Gasteiger partial charge in [-0.2, -0.15) is 0 Å². The molecule has 0 spiro atoms. The highest BCUT2D eigenvalue weighted by atomic mass is 16.3. The van der Waals surface area contributed by atoms with Gasteiger partial charge in [0, 0.05) is 30.5 Å². The van der Waals surface area contributed by atoms with Crippen LogP contribution in [-0.4, -0.2) is 42.7 Å². The maximum atomic E-state index is 9.57. The number of phenolic OH excluding ortho intramolecular Hbond substituents is 1. The van der Waals surface area contributed by atoms with Crippen molar-refractivity contribution in [2.24, 2.45) is 0 Å². The second-order valence-electron chi connectivity index (χ2n) is 7.08. The van der Waals surface area contributed by atoms with Crippen LogP contribution in [0.1, 0.15) is 37.7 Å². The summed E-state index contributed by atoms with van der Waals surface area (Å²) in [4.78, 5) is 4.53. The Morgan fingerprint density at radius 3 is 2.68 bits per heavy atom. The van der Waals surface area contributed by atoms with Gasteiger partial charge < -0.3 is 20.2 Å². The van der Waals surface area contributed by atoms with Gasteiger partial charge in [-0.3, -0.25) is 0 Å². The zero-order valence-corrected chi connectivity index (χ0v) is 15.8. The quantitative estimate of drug-likeness (QED) is 0.710. The van der Waals surface area contributed by atoms with E-state index in [1.165, 1.54) is 32.1 Å². The minimum Gasteiger partial charge on any atom is -0.508 e. The number of hydrogen-bond acceptors (Lipinski definition) is 4. The standard InChI is InChI=1S/C21H33N3O/c1-5-24(21-12-11-20(25)15-17(21)2)16-18(3)22-13-14-23(4)19-9-7-6-8-10-19/h5,11-12,15,19,22,25H,1,3,6-10,13-14,16H2,2,4H3. The molecule has 0 saturated heterocycles. The molecule has 2 N–H and O–H groups in total. The van der Waals surface area contributed by atoms with Crippen LogP contribution in [0.3, 0.4) is 0 Å². The summed E-state index contributed by atoms with van der Waals surface area (Å²) in [5.41, 5.74) is 3.03. The Balaban J connectivity index is 1.78. The molecule has 0 radical (unpaired) electrons. The number of rotatable bonds is 9. The van der Waals surface area contributed by atoms with Crippen molar-refractivity contribution in [2.45, 2.75) is 45.1 Å². The van der Waals surface area contributed by atoms with E-state index in [0.717, 1.165) is 36.1 Å². The number of aromatic hydroxyl groups is 1. The molecule has 0 amide bonds. The topological polar surface area (TPSA) is 38.7 Å². The van der Waals surface area contributed by atoms with Crippen molar-refractivity contribution in [2.75, 3.05) is 31.6 Å². The van der Waals surface area contributed by atoms with E-state index < -0.39 is 0 Å². The Hall–Kier alpha value is -1.94. The first-order valence-corrected chi connectivity index (χ1v) is 9.32. The van der Waals surface area contributed by atoms with Crippen molar-refractivity contribution in [3.05, 3.63) is 48.8 Å². The van der Waals surface area contributed by atoms with Gasteiger partial charge in [0.25, 0.3) is 0 Å². The maximum Gasteiger partial charge on any atom is 0.115 e. The van der Waals surface area contributed by atoms with Crippen LogP contribution in [0, 0.1) is 6.92 Å². The smallest absolute Gasteiger partial charge is 0.115 e. The van der Waals surface area contributed by atoms with Gasteiger partial charge in [-0.15, -0.1) is 0 Å². The number of hydrogen-bond donors (Lipinski definition) is 2. The van der Waals surface area contributed by atoms with Gasteiger partial charge in [0.15, 0.2) is 0 Å². The van der Waals surface area contributed by atoms with E-state index in [1.807, 2.05) is 13.0 Å². The first-order valence-electron chi connectivity index (χ1n) is 9.32. The Bertz CT molecular complexity index is 579. The highest BCUT2D eigenvalue weighted by molar-refractivity contribution is 5.58. The number of nitrogens with zero attached hydrogens (tertiary/aromatic N) is 2. The molecule has 0 heterocycles. The lowest BCUT2D eigenvalue weighted by Crippen LogP contribution is -2.38. The van der Waals surface area contributed by atoms with Crippen LogP contribution in [-0.2, 0) is 0 Å². The third-order valence-electron chi connectivity index (χ3n) is 5.11. The second kappa shape index (κ2) is 9.52. The average molecular weight is 344 g/mol. The van der Waals surface area contributed by atoms with Gasteiger partial charge >= 0.3 is 0 Å². The fraction of sp³-hybridized carbons (Fsp3) is 0.524. The highest BCUT2D eigenvalue weighted by Crippen LogP contribution is 2.25. The van der Waals surface area contributed by atoms with E-state index in [-0.39, 0.29) is 5.75 Å². The summed E-state index contributed by atoms with van der Waals surface area (Å²) in [5.74, 6) is 0.285. The van der Waals surface area contributed by atoms with Crippen LogP contribution < -0.4 is 10.2 Å². The third kappa shape index (κ3) is 5.82. The lowest BCUT2D eigenvalue weighted by molar-refractivity contribution is 0.193. The van der Waals surface area contributed by atoms with E-state index >= 15 is 0 Å². The molecule has 25 heavy (non-hydrogen) atoms. The molecule has 0 atom stereocenters. The molecular weight excluding hydrogens is 310 g/mol. The Labute approximate surface area is 152 Å². The molecule has 1 fully saturated rings. The van der Waals surface area contributed by atoms with Crippen molar-refractivity contribution in [1.82, 2.24) is 10.2 Å². The third-order valence-corrected chi connectivity index (χ3v) is 5.11. The van der Waals surface area contributed by atoms with Gasteiger partial charge in [0.2, 0.25) is 0 Å². The minimum atomic E-state index is 0.285. The van der Waals surface area contributed by atoms with Crippen molar-refractivity contribution in [1.29, 1.82) is 0 Å². The van der Waals surface area contributed by atoms with Gasteiger partial charge in [-0.1, -0.05) is 32.4 Å². The van der Waals surface area contributed by atoms with Crippen LogP contribution in [0.2, 0.25) is 0 Å². The zero-order chi connectivity index (χ0) is 18.2. The van der Waals surface area contributed by atoms with Gasteiger partial charge in [0.05, 0.1) is 6.54 Å². The summed E-state index contributed by atoms with van der Waals surface area (Å²) in [5, 5.41) is 13.0. The lowest BCUT2D eigenvalue weighted by Gasteiger charge is -2.31. The first-order chi connectivity index (χ1) is 12.0. The van der Waals surface area contributed by atoms with E-state index in [4.69, 9.17) is 0 Å². The Kier molecular flexibility index (Phi) is 7.38. The monoisotopic (exact) mass is 343 g/mol. The number of anilines is 1. The van der Waals surface area contributed by atoms with Crippen molar-refractivity contribution in [3.63, 3.8) is 0 Å². The molecule has 0 aromatic heterocycles. The summed E-state index contributed by atoms with van der Waals surface area (Å²) >= 11 is 0. The van der Waals surface area contributed by atoms with E-state index in [0.29, 0.717) is 6.54 Å². The first kappa shape index (κ1) is 19.4. The largest absolute Gasteiger partial charge is 0.508 e. The minimum absolute atomic E-state index is 0.285. The molecule has 0 unspecified atom stereocenters. The molecule has 4 nitrogen and oxygen atoms in total. The molecule has 1 aromatic carbocycles. The number of aryl methyl sites for hydroxylation is 1. The maximum absolute atomic E-state index is 9.57. The summed E-state index contributed by atoms with van der Waals surface area (Å²) in [6, 6.07) is 6.12. The van der Waals surface area contributed by atoms with E-state index in [1.54, 1.807) is 18.3 Å². The molecule has 4 heteroatoms. The van der Waals surface area contributed by atoms with Gasteiger partial charge in [-0.25, -0.2) is 0 Å². The fourth-order valence-corrected chi connectivity index (χ4v) is 3.58. The van der Waals surface area contributed by atoms with Crippen molar-refractivity contribution in [3.8, 4) is 5.75 Å². The summed E-state index contributed by atoms with van der Waals surface area (Å²) in [7, 11) is 2.23. The summed E-state index contributed by atoms with van der Waals surface area (Å²) in [6.45, 7) is 12.7. The molecule has 2 rings (SSSR count). The second-order valence-corrected chi connectivity index (χ2v) is 7.08. The van der Waals surface area contributed by atoms with Gasteiger partial charge in [-0.05, 0) is 56.8 Å². The summed E-state index contributed by atoms with van der Waals surface area (Å²) in [6.07, 6.45) is 8.61. The molecular formula is C21H33N3O. The van der Waals surface area contributed by atoms with Crippen LogP contribution in [0.4, 0.5) is 5.69 Å². The fourth-order valence-electron chi connectivity index (χ4n) is 3.58. The highest BCUT2D eigenvalue weighted by Gasteiger charge is 2.17. The summed E-state index contributed by atoms with van der Waals surface area (Å²) < 4.78 is 0. The Morgan fingerprint density at radius 1 is 1.32 bits per heavy atom. The number of likely N-dealkylation sites (N-methyl/N-ethyl adjacent to an activating group) is 1. The molecule has 138 valence electrons. The van der Waals surface area contributed by atoms with Crippen molar-refractivity contribution >= 4 is 5.69 Å². The lowest BCUT2D eigenvalue weighted by atomic mass is 9.94. The normalized spacial score (nSPS) is 15.2. The number of nitrogens with one attached hydrogen (secondary N) is 1. The van der Waals surface area contributed by atoms with Crippen molar-refractivity contribution < 1.29 is 5.11 Å². The van der Waals surface area contributed by atoms with E-state index in [9.17, 15) is 5.11 Å². The van der Waals surface area contributed by atoms with E-state index in [2.05, 4.69) is 35.3 Å². The number of phenols is 1. The molecule has 1 aromatic rings. The van der Waals surface area contributed by atoms with Crippen LogP contribution in [0.15, 0.2) is 43.3 Å². The number of benzene rings is 1. The molecule has 1 aliphatic carbocycles. The predicted molar refractivity (Wildman–Crippen MR) is 107 cm³/mol. The predicted octanol–water partition coefficient (Wildman–Crippen LogP) is 4.02. The molecule has 0 bridgehead atoms. The SMILES string of the molecule is C=CN(CC(=C)NCCN(C)C1CCCCC1)c1ccc(O)cc1C. The van der Waals surface area contributed by atoms with Crippen LogP contribution in [0.25, 0.3) is 0 Å². The van der Waals surface area contributed by atoms with Crippen LogP contribution in [0.5, 0.6) is 5.75 Å². The Morgan fingerprint density at radius 2 is 2.04 bits per heavy atom. The van der Waals surface area contributed by atoms with Gasteiger partial charge in [0.1, 0.15) is 5.75 Å². The zero-order valence-electron chi connectivity index (χ0n) is 15.8. The average Bonchev–Trinajstić information content (AvgIpc) is 2.61. The van der Waals surface area contributed by atoms with Crippen LogP contribution >= 0.6 is 0 Å². The molecule has 0 aliphatic heterocycles. The molecule has 1 saturated carbocycles. The molecule has 1 aliphatic rings.